The van der Waals surface area contributed by atoms with E-state index in [0.29, 0.717) is 12.5 Å². The molecule has 1 aromatic heterocycles. The van der Waals surface area contributed by atoms with Gasteiger partial charge in [0.15, 0.2) is 6.61 Å². The largest absolute Gasteiger partial charge is 0.393 e. The second kappa shape index (κ2) is 8.60. The lowest BCUT2D eigenvalue weighted by Crippen LogP contribution is -2.51. The SMILES string of the molecule is C[C@]12CC[C@H]3[C@@H](CCC4=C/C(=N\OCC(=O)NCc5cccs5)CC[C@@]43C)[C@@H]1CC[C@H]2O. The summed E-state index contributed by atoms with van der Waals surface area (Å²) >= 11 is 1.63. The number of nitrogens with one attached hydrogen (secondary N) is 1. The van der Waals surface area contributed by atoms with Crippen molar-refractivity contribution in [1.82, 2.24) is 5.32 Å². The molecule has 0 bridgehead atoms. The monoisotopic (exact) mass is 456 g/mol. The van der Waals surface area contributed by atoms with E-state index in [4.69, 9.17) is 4.84 Å². The molecule has 0 saturated heterocycles. The Morgan fingerprint density at radius 2 is 2.09 bits per heavy atom. The first-order valence-corrected chi connectivity index (χ1v) is 13.1. The molecule has 32 heavy (non-hydrogen) atoms. The van der Waals surface area contributed by atoms with Crippen LogP contribution in [0.4, 0.5) is 0 Å². The molecule has 1 amide bonds. The molecule has 2 N–H and O–H groups in total. The van der Waals surface area contributed by atoms with Crippen molar-refractivity contribution in [3.05, 3.63) is 34.0 Å². The van der Waals surface area contributed by atoms with Crippen LogP contribution in [0.25, 0.3) is 0 Å². The van der Waals surface area contributed by atoms with Gasteiger partial charge >= 0.3 is 0 Å². The van der Waals surface area contributed by atoms with E-state index in [1.54, 1.807) is 11.3 Å². The fraction of sp³-hybridized carbons (Fsp3) is 0.692. The zero-order valence-corrected chi connectivity index (χ0v) is 20.1. The van der Waals surface area contributed by atoms with E-state index in [1.165, 1.54) is 24.8 Å². The Hall–Kier alpha value is -1.66. The van der Waals surface area contributed by atoms with Gasteiger partial charge in [-0.25, -0.2) is 0 Å². The summed E-state index contributed by atoms with van der Waals surface area (Å²) < 4.78 is 0. The molecule has 1 aromatic rings. The number of thiophene rings is 1. The van der Waals surface area contributed by atoms with Crippen LogP contribution in [0.3, 0.4) is 0 Å². The molecule has 0 radical (unpaired) electrons. The summed E-state index contributed by atoms with van der Waals surface area (Å²) in [7, 11) is 0. The third kappa shape index (κ3) is 3.83. The normalized spacial score (nSPS) is 39.6. The molecule has 5 rings (SSSR count). The number of oxime groups is 1. The van der Waals surface area contributed by atoms with Crippen LogP contribution in [0.1, 0.15) is 70.1 Å². The summed E-state index contributed by atoms with van der Waals surface area (Å²) in [5.41, 5.74) is 2.88. The number of aliphatic hydroxyl groups excluding tert-OH is 1. The van der Waals surface area contributed by atoms with Crippen molar-refractivity contribution in [3.8, 4) is 0 Å². The molecule has 5 nitrogen and oxygen atoms in total. The van der Waals surface area contributed by atoms with Gasteiger partial charge in [-0.2, -0.15) is 0 Å². The summed E-state index contributed by atoms with van der Waals surface area (Å²) in [5, 5.41) is 19.8. The molecular formula is C26H36N2O3S. The van der Waals surface area contributed by atoms with Gasteiger partial charge in [0.25, 0.3) is 5.91 Å². The Bertz CT molecular complexity index is 910. The minimum Gasteiger partial charge on any atom is -0.393 e. The Labute approximate surface area is 195 Å². The molecule has 1 heterocycles. The zero-order valence-electron chi connectivity index (χ0n) is 19.3. The molecule has 4 aliphatic rings. The van der Waals surface area contributed by atoms with E-state index in [0.717, 1.165) is 54.5 Å². The van der Waals surface area contributed by atoms with Crippen molar-refractivity contribution >= 4 is 23.0 Å². The number of carbonyl (C=O) groups is 1. The second-order valence-corrected chi connectivity index (χ2v) is 11.9. The summed E-state index contributed by atoms with van der Waals surface area (Å²) in [6, 6.07) is 3.99. The molecule has 0 spiro atoms. The average Bonchev–Trinajstić information content (AvgIpc) is 3.40. The smallest absolute Gasteiger partial charge is 0.261 e. The lowest BCUT2D eigenvalue weighted by atomic mass is 9.47. The second-order valence-electron chi connectivity index (χ2n) is 10.9. The Morgan fingerprint density at radius 3 is 2.91 bits per heavy atom. The maximum absolute atomic E-state index is 12.0. The highest BCUT2D eigenvalue weighted by Gasteiger charge is 2.58. The maximum atomic E-state index is 12.0. The van der Waals surface area contributed by atoms with E-state index in [1.807, 2.05) is 17.5 Å². The van der Waals surface area contributed by atoms with Gasteiger partial charge in [0.05, 0.1) is 18.4 Å². The third-order valence-corrected chi connectivity index (χ3v) is 10.2. The Balaban J connectivity index is 1.20. The molecule has 0 unspecified atom stereocenters. The minimum atomic E-state index is -0.138. The van der Waals surface area contributed by atoms with Crippen LogP contribution < -0.4 is 5.32 Å². The van der Waals surface area contributed by atoms with Crippen LogP contribution in [-0.2, 0) is 16.2 Å². The summed E-state index contributed by atoms with van der Waals surface area (Å²) in [5.74, 6) is 2.01. The van der Waals surface area contributed by atoms with Crippen molar-refractivity contribution in [3.63, 3.8) is 0 Å². The van der Waals surface area contributed by atoms with Crippen LogP contribution in [-0.4, -0.2) is 29.4 Å². The predicted molar refractivity (Wildman–Crippen MR) is 127 cm³/mol. The van der Waals surface area contributed by atoms with Gasteiger partial charge in [-0.3, -0.25) is 4.79 Å². The average molecular weight is 457 g/mol. The van der Waals surface area contributed by atoms with Crippen LogP contribution >= 0.6 is 11.3 Å². The first kappa shape index (κ1) is 22.1. The first-order chi connectivity index (χ1) is 15.4. The Morgan fingerprint density at radius 1 is 1.22 bits per heavy atom. The number of fused-ring (bicyclic) bond motifs is 5. The number of amides is 1. The van der Waals surface area contributed by atoms with Crippen molar-refractivity contribution in [1.29, 1.82) is 0 Å². The minimum absolute atomic E-state index is 0.0391. The van der Waals surface area contributed by atoms with Gasteiger partial charge in [0, 0.05) is 4.88 Å². The third-order valence-electron chi connectivity index (χ3n) is 9.34. The highest BCUT2D eigenvalue weighted by Crippen LogP contribution is 2.65. The number of rotatable bonds is 5. The number of allylic oxidation sites excluding steroid dienone is 2. The first-order valence-electron chi connectivity index (χ1n) is 12.3. The number of nitrogens with zero attached hydrogens (tertiary/aromatic N) is 1. The lowest BCUT2D eigenvalue weighted by Gasteiger charge is -2.57. The highest BCUT2D eigenvalue weighted by molar-refractivity contribution is 7.09. The molecule has 6 atom stereocenters. The highest BCUT2D eigenvalue weighted by atomic mass is 32.1. The van der Waals surface area contributed by atoms with Crippen molar-refractivity contribution in [2.24, 2.45) is 33.7 Å². The fourth-order valence-corrected chi connectivity index (χ4v) is 8.08. The predicted octanol–water partition coefficient (Wildman–Crippen LogP) is 5.06. The van der Waals surface area contributed by atoms with Crippen LogP contribution in [0.15, 0.2) is 34.3 Å². The maximum Gasteiger partial charge on any atom is 0.261 e. The van der Waals surface area contributed by atoms with Crippen molar-refractivity contribution in [2.75, 3.05) is 6.61 Å². The zero-order chi connectivity index (χ0) is 22.3. The van der Waals surface area contributed by atoms with Crippen LogP contribution in [0.2, 0.25) is 0 Å². The lowest BCUT2D eigenvalue weighted by molar-refractivity contribution is -0.125. The number of aliphatic hydroxyl groups is 1. The molecule has 4 aliphatic carbocycles. The molecule has 3 saturated carbocycles. The van der Waals surface area contributed by atoms with Gasteiger partial charge in [-0.1, -0.05) is 30.6 Å². The van der Waals surface area contributed by atoms with E-state index >= 15 is 0 Å². The summed E-state index contributed by atoms with van der Waals surface area (Å²) in [6.45, 7) is 5.32. The molecule has 174 valence electrons. The summed E-state index contributed by atoms with van der Waals surface area (Å²) in [6.07, 6.45) is 11.1. The van der Waals surface area contributed by atoms with E-state index in [9.17, 15) is 9.90 Å². The summed E-state index contributed by atoms with van der Waals surface area (Å²) in [4.78, 5) is 18.6. The molecule has 6 heteroatoms. The number of hydrogen-bond donors (Lipinski definition) is 2. The van der Waals surface area contributed by atoms with Crippen molar-refractivity contribution in [2.45, 2.75) is 77.9 Å². The van der Waals surface area contributed by atoms with Crippen LogP contribution in [0, 0.1) is 28.6 Å². The van der Waals surface area contributed by atoms with Gasteiger partial charge < -0.3 is 15.3 Å². The van der Waals surface area contributed by atoms with E-state index < -0.39 is 0 Å². The van der Waals surface area contributed by atoms with Gasteiger partial charge in [-0.05, 0) is 97.5 Å². The van der Waals surface area contributed by atoms with Gasteiger partial charge in [0.2, 0.25) is 0 Å². The molecular weight excluding hydrogens is 420 g/mol. The molecule has 0 aliphatic heterocycles. The molecule has 0 aromatic carbocycles. The van der Waals surface area contributed by atoms with E-state index in [-0.39, 0.29) is 29.4 Å². The fourth-order valence-electron chi connectivity index (χ4n) is 7.44. The number of carbonyl (C=O) groups excluding carboxylic acids is 1. The Kier molecular flexibility index (Phi) is 5.95. The number of hydrogen-bond acceptors (Lipinski definition) is 5. The topological polar surface area (TPSA) is 70.9 Å². The quantitative estimate of drug-likeness (QED) is 0.609. The van der Waals surface area contributed by atoms with Crippen molar-refractivity contribution < 1.29 is 14.7 Å². The van der Waals surface area contributed by atoms with Gasteiger partial charge in [-0.15, -0.1) is 11.3 Å². The van der Waals surface area contributed by atoms with Crippen LogP contribution in [0.5, 0.6) is 0 Å². The van der Waals surface area contributed by atoms with E-state index in [2.05, 4.69) is 30.4 Å². The standard InChI is InChI=1S/C26H36N2O3S/c1-25-11-9-18(28-31-16-24(30)27-15-19-4-3-13-32-19)14-17(25)5-6-20-21-7-8-23(29)26(21,2)12-10-22(20)25/h3-4,13-14,20-23,29H,5-12,15-16H2,1-2H3,(H,27,30)/b28-18-/t20-,21-,22-,23+,25-,26-/m0/s1. The van der Waals surface area contributed by atoms with Gasteiger partial charge in [0.1, 0.15) is 0 Å². The molecule has 3 fully saturated rings.